The quantitative estimate of drug-likeness (QED) is 0.146. The number of ether oxygens (including phenoxy) is 4. The second kappa shape index (κ2) is 15.9. The van der Waals surface area contributed by atoms with Crippen LogP contribution in [0, 0.1) is 0 Å². The van der Waals surface area contributed by atoms with Crippen LogP contribution in [-0.2, 0) is 9.47 Å². The minimum Gasteiger partial charge on any atom is -0.497 e. The van der Waals surface area contributed by atoms with Gasteiger partial charge in [-0.05, 0) is 98.5 Å². The van der Waals surface area contributed by atoms with Gasteiger partial charge in [-0.25, -0.2) is 0 Å². The van der Waals surface area contributed by atoms with Crippen LogP contribution in [0.15, 0.2) is 109 Å². The Kier molecular flexibility index (Phi) is 11.8. The highest BCUT2D eigenvalue weighted by atomic mass is 16.5. The van der Waals surface area contributed by atoms with Crippen LogP contribution in [0.3, 0.4) is 0 Å². The SMILES string of the molecule is COc1ccc(C(C=Cc2ccc(N(C)c3ccc(C=CC(OC(C)C)c4ccc(OC)cc4)cc3)cc2)OC(C)C)cc1. The number of rotatable bonds is 14. The van der Waals surface area contributed by atoms with Gasteiger partial charge in [0.25, 0.3) is 0 Å². The molecule has 5 nitrogen and oxygen atoms in total. The minimum atomic E-state index is -0.140. The van der Waals surface area contributed by atoms with Gasteiger partial charge in [0.15, 0.2) is 0 Å². The van der Waals surface area contributed by atoms with Crippen molar-refractivity contribution in [2.75, 3.05) is 26.2 Å². The van der Waals surface area contributed by atoms with Crippen molar-refractivity contribution in [3.8, 4) is 11.5 Å². The number of methoxy groups -OCH3 is 2. The van der Waals surface area contributed by atoms with E-state index < -0.39 is 0 Å². The molecule has 5 heteroatoms. The zero-order valence-electron chi connectivity index (χ0n) is 26.9. The highest BCUT2D eigenvalue weighted by Crippen LogP contribution is 2.28. The molecule has 0 spiro atoms. The van der Waals surface area contributed by atoms with Gasteiger partial charge in [0.2, 0.25) is 0 Å². The second-order valence-corrected chi connectivity index (χ2v) is 11.2. The zero-order chi connectivity index (χ0) is 31.5. The van der Waals surface area contributed by atoms with E-state index in [1.165, 1.54) is 0 Å². The summed E-state index contributed by atoms with van der Waals surface area (Å²) in [5.41, 5.74) is 6.64. The van der Waals surface area contributed by atoms with E-state index in [0.29, 0.717) is 0 Å². The van der Waals surface area contributed by atoms with Crippen LogP contribution >= 0.6 is 0 Å². The lowest BCUT2D eigenvalue weighted by molar-refractivity contribution is 0.0350. The summed E-state index contributed by atoms with van der Waals surface area (Å²) in [5.74, 6) is 1.67. The van der Waals surface area contributed by atoms with Crippen LogP contribution in [-0.4, -0.2) is 33.5 Å². The number of anilines is 2. The predicted octanol–water partition coefficient (Wildman–Crippen LogP) is 9.83. The summed E-state index contributed by atoms with van der Waals surface area (Å²) in [7, 11) is 5.44. The molecule has 0 aliphatic carbocycles. The standard InChI is InChI=1S/C39H45NO4/c1-28(2)43-38(32-14-22-36(41-6)23-15-32)26-12-30-8-18-34(19-9-30)40(5)35-20-10-31(11-21-35)13-27-39(44-29(3)4)33-16-24-37(42-7)25-17-33/h8-29,38-39H,1-7H3. The number of benzene rings is 4. The first-order chi connectivity index (χ1) is 21.2. The third kappa shape index (κ3) is 9.34. The van der Waals surface area contributed by atoms with E-state index in [9.17, 15) is 0 Å². The van der Waals surface area contributed by atoms with Crippen molar-refractivity contribution in [2.45, 2.75) is 52.1 Å². The fraction of sp³-hybridized carbons (Fsp3) is 0.282. The Hall–Kier alpha value is -4.32. The maximum absolute atomic E-state index is 6.19. The van der Waals surface area contributed by atoms with E-state index in [2.05, 4.69) is 112 Å². The van der Waals surface area contributed by atoms with Crippen molar-refractivity contribution in [3.05, 3.63) is 131 Å². The van der Waals surface area contributed by atoms with Gasteiger partial charge < -0.3 is 23.8 Å². The molecule has 0 saturated heterocycles. The van der Waals surface area contributed by atoms with E-state index in [1.807, 2.05) is 48.5 Å². The summed E-state index contributed by atoms with van der Waals surface area (Å²) >= 11 is 0. The summed E-state index contributed by atoms with van der Waals surface area (Å²) < 4.78 is 23.0. The molecule has 0 N–H and O–H groups in total. The molecular weight excluding hydrogens is 546 g/mol. The molecule has 2 unspecified atom stereocenters. The van der Waals surface area contributed by atoms with Gasteiger partial charge in [-0.3, -0.25) is 0 Å². The average Bonchev–Trinajstić information content (AvgIpc) is 3.05. The first-order valence-electron chi connectivity index (χ1n) is 15.1. The topological polar surface area (TPSA) is 40.2 Å². The Balaban J connectivity index is 1.42. The lowest BCUT2D eigenvalue weighted by Crippen LogP contribution is -2.09. The smallest absolute Gasteiger partial charge is 0.118 e. The fourth-order valence-electron chi connectivity index (χ4n) is 4.81. The van der Waals surface area contributed by atoms with Gasteiger partial charge in [-0.2, -0.15) is 0 Å². The van der Waals surface area contributed by atoms with Crippen LogP contribution in [0.4, 0.5) is 11.4 Å². The Morgan fingerprint density at radius 3 is 1.14 bits per heavy atom. The number of hydrogen-bond donors (Lipinski definition) is 0. The molecular formula is C39H45NO4. The first-order valence-corrected chi connectivity index (χ1v) is 15.1. The van der Waals surface area contributed by atoms with Crippen molar-refractivity contribution in [2.24, 2.45) is 0 Å². The molecule has 4 aromatic carbocycles. The maximum atomic E-state index is 6.19. The monoisotopic (exact) mass is 591 g/mol. The van der Waals surface area contributed by atoms with Crippen molar-refractivity contribution in [3.63, 3.8) is 0 Å². The molecule has 44 heavy (non-hydrogen) atoms. The van der Waals surface area contributed by atoms with E-state index in [0.717, 1.165) is 45.1 Å². The third-order valence-electron chi connectivity index (χ3n) is 7.21. The van der Waals surface area contributed by atoms with E-state index >= 15 is 0 Å². The molecule has 0 amide bonds. The van der Waals surface area contributed by atoms with Crippen LogP contribution < -0.4 is 14.4 Å². The van der Waals surface area contributed by atoms with Crippen molar-refractivity contribution in [1.82, 2.24) is 0 Å². The lowest BCUT2D eigenvalue weighted by Gasteiger charge is -2.20. The largest absolute Gasteiger partial charge is 0.497 e. The maximum Gasteiger partial charge on any atom is 0.118 e. The van der Waals surface area contributed by atoms with Gasteiger partial charge in [-0.1, -0.05) is 72.8 Å². The molecule has 0 heterocycles. The van der Waals surface area contributed by atoms with E-state index in [4.69, 9.17) is 18.9 Å². The third-order valence-corrected chi connectivity index (χ3v) is 7.21. The Morgan fingerprint density at radius 1 is 0.500 bits per heavy atom. The fourth-order valence-corrected chi connectivity index (χ4v) is 4.81. The summed E-state index contributed by atoms with van der Waals surface area (Å²) in [6, 6.07) is 33.2. The molecule has 230 valence electrons. The van der Waals surface area contributed by atoms with Crippen LogP contribution in [0.5, 0.6) is 11.5 Å². The molecule has 0 aromatic heterocycles. The van der Waals surface area contributed by atoms with Gasteiger partial charge in [0.1, 0.15) is 23.7 Å². The molecule has 0 aliphatic rings. The van der Waals surface area contributed by atoms with Gasteiger partial charge in [0, 0.05) is 18.4 Å². The molecule has 0 saturated carbocycles. The molecule has 0 radical (unpaired) electrons. The summed E-state index contributed by atoms with van der Waals surface area (Å²) in [5, 5.41) is 0. The van der Waals surface area contributed by atoms with E-state index in [1.54, 1.807) is 14.2 Å². The Labute approximate surface area is 263 Å². The van der Waals surface area contributed by atoms with Crippen LogP contribution in [0.25, 0.3) is 12.2 Å². The summed E-state index contributed by atoms with van der Waals surface area (Å²) in [4.78, 5) is 2.19. The van der Waals surface area contributed by atoms with Gasteiger partial charge >= 0.3 is 0 Å². The Morgan fingerprint density at radius 2 is 0.841 bits per heavy atom. The second-order valence-electron chi connectivity index (χ2n) is 11.2. The first kappa shape index (κ1) is 32.6. The molecule has 0 bridgehead atoms. The highest BCUT2D eigenvalue weighted by Gasteiger charge is 2.12. The van der Waals surface area contributed by atoms with Crippen molar-refractivity contribution in [1.29, 1.82) is 0 Å². The van der Waals surface area contributed by atoms with Crippen LogP contribution in [0.2, 0.25) is 0 Å². The van der Waals surface area contributed by atoms with Crippen molar-refractivity contribution >= 4 is 23.5 Å². The number of nitrogens with zero attached hydrogens (tertiary/aromatic N) is 1. The van der Waals surface area contributed by atoms with Gasteiger partial charge in [-0.15, -0.1) is 0 Å². The molecule has 4 rings (SSSR count). The normalized spacial score (nSPS) is 13.1. The van der Waals surface area contributed by atoms with E-state index in [-0.39, 0.29) is 24.4 Å². The molecule has 0 fully saturated rings. The van der Waals surface area contributed by atoms with Crippen molar-refractivity contribution < 1.29 is 18.9 Å². The molecule has 2 atom stereocenters. The highest BCUT2D eigenvalue weighted by molar-refractivity contribution is 5.66. The summed E-state index contributed by atoms with van der Waals surface area (Å²) in [6.07, 6.45) is 8.38. The zero-order valence-corrected chi connectivity index (χ0v) is 26.9. The number of hydrogen-bond acceptors (Lipinski definition) is 5. The summed E-state index contributed by atoms with van der Waals surface area (Å²) in [6.45, 7) is 8.22. The van der Waals surface area contributed by atoms with Crippen LogP contribution in [0.1, 0.15) is 62.2 Å². The lowest BCUT2D eigenvalue weighted by atomic mass is 10.1. The van der Waals surface area contributed by atoms with Gasteiger partial charge in [0.05, 0.1) is 26.4 Å². The Bertz CT molecular complexity index is 1360. The molecule has 4 aromatic rings. The molecule has 0 aliphatic heterocycles. The predicted molar refractivity (Wildman–Crippen MR) is 183 cm³/mol. The minimum absolute atomic E-state index is 0.105. The average molecular weight is 592 g/mol.